The molecule has 0 aliphatic rings. The topological polar surface area (TPSA) is 61.9 Å². The van der Waals surface area contributed by atoms with Gasteiger partial charge < -0.3 is 9.47 Å². The number of amides is 1. The van der Waals surface area contributed by atoms with Gasteiger partial charge in [-0.1, -0.05) is 6.07 Å². The molecule has 126 valence electrons. The fourth-order valence-corrected chi connectivity index (χ4v) is 3.08. The second kappa shape index (κ2) is 7.78. The van der Waals surface area contributed by atoms with Gasteiger partial charge in [0.2, 0.25) is 0 Å². The Hall–Kier alpha value is -2.61. The number of carbonyl (C=O) groups excluding carboxylic acids is 1. The van der Waals surface area contributed by atoms with Crippen LogP contribution in [0.5, 0.6) is 0 Å². The molecule has 2 aromatic rings. The number of nitriles is 1. The van der Waals surface area contributed by atoms with Crippen molar-refractivity contribution in [2.75, 3.05) is 6.54 Å². The summed E-state index contributed by atoms with van der Waals surface area (Å²) in [4.78, 5) is 19.0. The third-order valence-corrected chi connectivity index (χ3v) is 4.09. The molecule has 2 heterocycles. The van der Waals surface area contributed by atoms with Crippen molar-refractivity contribution in [1.82, 2.24) is 14.5 Å². The Bertz CT molecular complexity index is 741. The van der Waals surface area contributed by atoms with Crippen LogP contribution in [0.2, 0.25) is 0 Å². The van der Waals surface area contributed by atoms with Gasteiger partial charge in [0.15, 0.2) is 0 Å². The summed E-state index contributed by atoms with van der Waals surface area (Å²) in [7, 11) is 0. The average molecular weight is 324 g/mol. The van der Waals surface area contributed by atoms with Crippen molar-refractivity contribution in [1.29, 1.82) is 5.26 Å². The molecule has 2 aromatic heterocycles. The number of aryl methyl sites for hydroxylation is 1. The first kappa shape index (κ1) is 17.7. The van der Waals surface area contributed by atoms with E-state index in [9.17, 15) is 4.79 Å². The van der Waals surface area contributed by atoms with Crippen LogP contribution in [-0.4, -0.2) is 26.9 Å². The van der Waals surface area contributed by atoms with E-state index < -0.39 is 0 Å². The van der Waals surface area contributed by atoms with Crippen molar-refractivity contribution in [3.05, 3.63) is 53.1 Å². The Morgan fingerprint density at radius 1 is 1.38 bits per heavy atom. The van der Waals surface area contributed by atoms with Crippen LogP contribution < -0.4 is 0 Å². The van der Waals surface area contributed by atoms with E-state index in [2.05, 4.69) is 29.5 Å². The summed E-state index contributed by atoms with van der Waals surface area (Å²) < 4.78 is 2.16. The molecular weight excluding hydrogens is 300 g/mol. The van der Waals surface area contributed by atoms with E-state index in [1.54, 1.807) is 11.1 Å². The minimum absolute atomic E-state index is 0.0455. The number of aromatic nitrogens is 2. The lowest BCUT2D eigenvalue weighted by Crippen LogP contribution is -2.32. The average Bonchev–Trinajstić information content (AvgIpc) is 2.86. The monoisotopic (exact) mass is 324 g/mol. The molecule has 0 atom stereocenters. The molecule has 0 bridgehead atoms. The molecule has 5 heteroatoms. The molecule has 5 nitrogen and oxygen atoms in total. The zero-order valence-electron chi connectivity index (χ0n) is 14.8. The van der Waals surface area contributed by atoms with Crippen LogP contribution in [0.15, 0.2) is 30.5 Å². The van der Waals surface area contributed by atoms with E-state index >= 15 is 0 Å². The maximum Gasteiger partial charge on any atom is 0.256 e. The standard InChI is InChI=1S/C19H24N4O/c1-14(2)23-15(3)12-18(16(23)4)19(24)22(11-7-9-20)13-17-8-5-6-10-21-17/h5-6,8,10,12,14H,7,11,13H2,1-4H3. The summed E-state index contributed by atoms with van der Waals surface area (Å²) in [6.07, 6.45) is 2.02. The first-order valence-electron chi connectivity index (χ1n) is 8.20. The minimum atomic E-state index is -0.0455. The van der Waals surface area contributed by atoms with E-state index in [0.717, 1.165) is 17.1 Å². The van der Waals surface area contributed by atoms with Crippen LogP contribution in [-0.2, 0) is 6.54 Å². The number of carbonyl (C=O) groups is 1. The van der Waals surface area contributed by atoms with Crippen molar-refractivity contribution < 1.29 is 4.79 Å². The highest BCUT2D eigenvalue weighted by atomic mass is 16.2. The molecule has 1 amide bonds. The molecule has 0 radical (unpaired) electrons. The van der Waals surface area contributed by atoms with E-state index in [4.69, 9.17) is 5.26 Å². The molecule has 0 aromatic carbocycles. The van der Waals surface area contributed by atoms with Crippen molar-refractivity contribution >= 4 is 5.91 Å². The minimum Gasteiger partial charge on any atom is -0.346 e. The Labute approximate surface area is 143 Å². The zero-order valence-corrected chi connectivity index (χ0v) is 14.8. The number of nitrogens with zero attached hydrogens (tertiary/aromatic N) is 4. The fourth-order valence-electron chi connectivity index (χ4n) is 3.08. The van der Waals surface area contributed by atoms with E-state index in [0.29, 0.717) is 31.1 Å². The third-order valence-electron chi connectivity index (χ3n) is 4.09. The summed E-state index contributed by atoms with van der Waals surface area (Å²) in [5, 5.41) is 8.90. The molecule has 0 aliphatic carbocycles. The van der Waals surface area contributed by atoms with Gasteiger partial charge in [-0.15, -0.1) is 0 Å². The van der Waals surface area contributed by atoms with Gasteiger partial charge in [0.25, 0.3) is 5.91 Å². The van der Waals surface area contributed by atoms with Gasteiger partial charge in [-0.25, -0.2) is 0 Å². The van der Waals surface area contributed by atoms with Gasteiger partial charge >= 0.3 is 0 Å². The molecule has 0 saturated heterocycles. The van der Waals surface area contributed by atoms with Crippen LogP contribution in [0, 0.1) is 25.2 Å². The summed E-state index contributed by atoms with van der Waals surface area (Å²) in [6.45, 7) is 9.01. The van der Waals surface area contributed by atoms with Crippen LogP contribution in [0.3, 0.4) is 0 Å². The Kier molecular flexibility index (Phi) is 5.75. The predicted molar refractivity (Wildman–Crippen MR) is 93.5 cm³/mol. The molecule has 0 unspecified atom stereocenters. The quantitative estimate of drug-likeness (QED) is 0.815. The van der Waals surface area contributed by atoms with Gasteiger partial charge in [-0.2, -0.15) is 5.26 Å². The van der Waals surface area contributed by atoms with Crippen molar-refractivity contribution in [3.8, 4) is 6.07 Å². The van der Waals surface area contributed by atoms with E-state index in [-0.39, 0.29) is 5.91 Å². The molecule has 0 saturated carbocycles. The normalized spacial score (nSPS) is 10.7. The number of hydrogen-bond acceptors (Lipinski definition) is 3. The Balaban J connectivity index is 2.31. The number of pyridine rings is 1. The van der Waals surface area contributed by atoms with Crippen LogP contribution in [0.25, 0.3) is 0 Å². The Morgan fingerprint density at radius 3 is 2.67 bits per heavy atom. The predicted octanol–water partition coefficient (Wildman–Crippen LogP) is 3.64. The summed E-state index contributed by atoms with van der Waals surface area (Å²) in [5.74, 6) is -0.0455. The van der Waals surface area contributed by atoms with Crippen molar-refractivity contribution in [2.24, 2.45) is 0 Å². The number of rotatable bonds is 6. The third kappa shape index (κ3) is 3.83. The SMILES string of the molecule is Cc1cc(C(=O)N(CCC#N)Cc2ccccn2)c(C)n1C(C)C. The highest BCUT2D eigenvalue weighted by molar-refractivity contribution is 5.95. The van der Waals surface area contributed by atoms with Crippen molar-refractivity contribution in [2.45, 2.75) is 46.7 Å². The smallest absolute Gasteiger partial charge is 0.256 e. The van der Waals surface area contributed by atoms with Crippen molar-refractivity contribution in [3.63, 3.8) is 0 Å². The molecule has 0 aliphatic heterocycles. The van der Waals surface area contributed by atoms with E-state index in [1.807, 2.05) is 38.1 Å². The Morgan fingerprint density at radius 2 is 2.12 bits per heavy atom. The molecular formula is C19H24N4O. The van der Waals surface area contributed by atoms with Gasteiger partial charge in [0, 0.05) is 30.2 Å². The van der Waals surface area contributed by atoms with E-state index in [1.165, 1.54) is 0 Å². The van der Waals surface area contributed by atoms with Crippen LogP contribution in [0.1, 0.15) is 53.7 Å². The highest BCUT2D eigenvalue weighted by Gasteiger charge is 2.22. The first-order valence-corrected chi connectivity index (χ1v) is 8.20. The highest BCUT2D eigenvalue weighted by Crippen LogP contribution is 2.22. The maximum absolute atomic E-state index is 13.0. The second-order valence-corrected chi connectivity index (χ2v) is 6.20. The summed E-state index contributed by atoms with van der Waals surface area (Å²) in [6, 6.07) is 10.0. The van der Waals surface area contributed by atoms with Gasteiger partial charge in [0.05, 0.1) is 30.3 Å². The fraction of sp³-hybridized carbons (Fsp3) is 0.421. The second-order valence-electron chi connectivity index (χ2n) is 6.20. The molecule has 0 fully saturated rings. The summed E-state index contributed by atoms with van der Waals surface area (Å²) >= 11 is 0. The van der Waals surface area contributed by atoms with Gasteiger partial charge in [-0.3, -0.25) is 9.78 Å². The van der Waals surface area contributed by atoms with Gasteiger partial charge in [0.1, 0.15) is 0 Å². The lowest BCUT2D eigenvalue weighted by Gasteiger charge is -2.22. The molecule has 2 rings (SSSR count). The van der Waals surface area contributed by atoms with Crippen LogP contribution in [0.4, 0.5) is 0 Å². The lowest BCUT2D eigenvalue weighted by molar-refractivity contribution is 0.0744. The lowest BCUT2D eigenvalue weighted by atomic mass is 10.2. The van der Waals surface area contributed by atoms with Crippen LogP contribution >= 0.6 is 0 Å². The first-order chi connectivity index (χ1) is 11.5. The number of hydrogen-bond donors (Lipinski definition) is 0. The molecule has 0 N–H and O–H groups in total. The largest absolute Gasteiger partial charge is 0.346 e. The van der Waals surface area contributed by atoms with Gasteiger partial charge in [-0.05, 0) is 45.9 Å². The maximum atomic E-state index is 13.0. The molecule has 0 spiro atoms. The zero-order chi connectivity index (χ0) is 17.7. The summed E-state index contributed by atoms with van der Waals surface area (Å²) in [5.41, 5.74) is 3.57. The molecule has 24 heavy (non-hydrogen) atoms.